The third kappa shape index (κ3) is 4.67. The molecule has 1 aliphatic rings. The molecule has 2 aromatic rings. The summed E-state index contributed by atoms with van der Waals surface area (Å²) in [5.74, 6) is -0.477. The van der Waals surface area contributed by atoms with E-state index in [2.05, 4.69) is 5.32 Å². The van der Waals surface area contributed by atoms with Gasteiger partial charge in [-0.25, -0.2) is 4.79 Å². The zero-order chi connectivity index (χ0) is 20.1. The number of carbonyl (C=O) groups is 3. The van der Waals surface area contributed by atoms with Gasteiger partial charge in [-0.1, -0.05) is 6.07 Å². The molecule has 3 N–H and O–H groups in total. The molecule has 28 heavy (non-hydrogen) atoms. The molecule has 1 atom stereocenters. The molecule has 0 saturated carbocycles. The first-order valence-corrected chi connectivity index (χ1v) is 8.41. The van der Waals surface area contributed by atoms with E-state index in [0.717, 1.165) is 5.56 Å². The Morgan fingerprint density at radius 3 is 2.54 bits per heavy atom. The second kappa shape index (κ2) is 8.26. The van der Waals surface area contributed by atoms with Crippen LogP contribution in [0.5, 0.6) is 11.5 Å². The van der Waals surface area contributed by atoms with E-state index < -0.39 is 23.9 Å². The van der Waals surface area contributed by atoms with Crippen LogP contribution in [0.1, 0.15) is 22.8 Å². The van der Waals surface area contributed by atoms with Crippen LogP contribution in [-0.2, 0) is 14.3 Å². The van der Waals surface area contributed by atoms with Gasteiger partial charge in [-0.2, -0.15) is 0 Å². The van der Waals surface area contributed by atoms with Gasteiger partial charge in [0, 0.05) is 17.3 Å². The molecule has 1 aliphatic heterocycles. The molecule has 0 aromatic heterocycles. The lowest BCUT2D eigenvalue weighted by Gasteiger charge is -2.12. The zero-order valence-corrected chi connectivity index (χ0v) is 15.0. The Hall–Kier alpha value is -3.81. The van der Waals surface area contributed by atoms with Gasteiger partial charge in [0.05, 0.1) is 0 Å². The van der Waals surface area contributed by atoms with Crippen LogP contribution in [0.15, 0.2) is 48.5 Å². The Bertz CT molecular complexity index is 936. The maximum Gasteiger partial charge on any atom is 0.331 e. The van der Waals surface area contributed by atoms with Crippen LogP contribution >= 0.6 is 0 Å². The maximum atomic E-state index is 12.1. The summed E-state index contributed by atoms with van der Waals surface area (Å²) in [6.07, 6.45) is 1.77. The summed E-state index contributed by atoms with van der Waals surface area (Å²) in [7, 11) is 0. The highest BCUT2D eigenvalue weighted by Gasteiger charge is 2.17. The Kier molecular flexibility index (Phi) is 5.59. The fourth-order valence-electron chi connectivity index (χ4n) is 2.41. The second-order valence-electron chi connectivity index (χ2n) is 5.96. The van der Waals surface area contributed by atoms with Gasteiger partial charge in [0.2, 0.25) is 12.7 Å². The van der Waals surface area contributed by atoms with Crippen LogP contribution in [0.4, 0.5) is 5.69 Å². The Balaban J connectivity index is 1.53. The van der Waals surface area contributed by atoms with Gasteiger partial charge >= 0.3 is 5.97 Å². The lowest BCUT2D eigenvalue weighted by Crippen LogP contribution is -2.29. The van der Waals surface area contributed by atoms with Crippen molar-refractivity contribution in [2.45, 2.75) is 13.0 Å². The fourth-order valence-corrected chi connectivity index (χ4v) is 2.41. The minimum absolute atomic E-state index is 0.169. The monoisotopic (exact) mass is 382 g/mol. The molecular formula is C20H18N2O6. The number of benzene rings is 2. The first-order chi connectivity index (χ1) is 13.4. The number of anilines is 1. The molecule has 0 aliphatic carbocycles. The lowest BCUT2D eigenvalue weighted by molar-refractivity contribution is -0.148. The third-order valence-corrected chi connectivity index (χ3v) is 3.91. The number of carbonyl (C=O) groups excluding carboxylic acids is 3. The summed E-state index contributed by atoms with van der Waals surface area (Å²) < 4.78 is 15.6. The van der Waals surface area contributed by atoms with E-state index in [0.29, 0.717) is 22.7 Å². The number of fused-ring (bicyclic) bond motifs is 1. The smallest absolute Gasteiger partial charge is 0.331 e. The Labute approximate surface area is 160 Å². The van der Waals surface area contributed by atoms with Crippen LogP contribution < -0.4 is 20.5 Å². The first kappa shape index (κ1) is 19.0. The average molecular weight is 382 g/mol. The van der Waals surface area contributed by atoms with Crippen molar-refractivity contribution in [1.29, 1.82) is 0 Å². The maximum absolute atomic E-state index is 12.1. The summed E-state index contributed by atoms with van der Waals surface area (Å²) >= 11 is 0. The molecule has 8 nitrogen and oxygen atoms in total. The minimum Gasteiger partial charge on any atom is -0.454 e. The number of rotatable bonds is 6. The minimum atomic E-state index is -1.01. The van der Waals surface area contributed by atoms with Crippen molar-refractivity contribution in [3.8, 4) is 11.5 Å². The number of nitrogens with two attached hydrogens (primary N) is 1. The van der Waals surface area contributed by atoms with Crippen LogP contribution in [-0.4, -0.2) is 30.7 Å². The lowest BCUT2D eigenvalue weighted by atomic mass is 10.2. The summed E-state index contributed by atoms with van der Waals surface area (Å²) in [5, 5.41) is 2.59. The molecule has 0 radical (unpaired) electrons. The quantitative estimate of drug-likeness (QED) is 0.584. The van der Waals surface area contributed by atoms with E-state index in [9.17, 15) is 14.4 Å². The van der Waals surface area contributed by atoms with Crippen molar-refractivity contribution in [2.24, 2.45) is 5.73 Å². The van der Waals surface area contributed by atoms with Crippen molar-refractivity contribution < 1.29 is 28.6 Å². The Morgan fingerprint density at radius 1 is 1.11 bits per heavy atom. The summed E-state index contributed by atoms with van der Waals surface area (Å²) in [6.45, 7) is 1.63. The normalized spacial score (nSPS) is 13.2. The van der Waals surface area contributed by atoms with Gasteiger partial charge < -0.3 is 25.3 Å². The fraction of sp³-hybridized carbons (Fsp3) is 0.150. The van der Waals surface area contributed by atoms with E-state index in [4.69, 9.17) is 19.9 Å². The highest BCUT2D eigenvalue weighted by molar-refractivity contribution is 5.97. The summed E-state index contributed by atoms with van der Waals surface area (Å²) in [5.41, 5.74) is 6.67. The highest BCUT2D eigenvalue weighted by Crippen LogP contribution is 2.32. The van der Waals surface area contributed by atoms with E-state index in [1.807, 2.05) is 0 Å². The van der Waals surface area contributed by atoms with Crippen molar-refractivity contribution in [3.05, 3.63) is 59.7 Å². The van der Waals surface area contributed by atoms with Crippen molar-refractivity contribution in [3.63, 3.8) is 0 Å². The topological polar surface area (TPSA) is 117 Å². The number of esters is 1. The predicted molar refractivity (Wildman–Crippen MR) is 101 cm³/mol. The summed E-state index contributed by atoms with van der Waals surface area (Å²) in [4.78, 5) is 35.1. The highest BCUT2D eigenvalue weighted by atomic mass is 16.7. The molecule has 0 fully saturated rings. The molecule has 1 heterocycles. The molecule has 144 valence electrons. The van der Waals surface area contributed by atoms with E-state index in [1.54, 1.807) is 24.3 Å². The number of hydrogen-bond acceptors (Lipinski definition) is 6. The third-order valence-electron chi connectivity index (χ3n) is 3.91. The van der Waals surface area contributed by atoms with E-state index >= 15 is 0 Å². The molecule has 0 spiro atoms. The molecule has 3 rings (SSSR count). The van der Waals surface area contributed by atoms with Crippen LogP contribution in [0.3, 0.4) is 0 Å². The number of amides is 2. The number of ether oxygens (including phenoxy) is 3. The van der Waals surface area contributed by atoms with Gasteiger partial charge in [0.1, 0.15) is 0 Å². The molecule has 2 aromatic carbocycles. The largest absolute Gasteiger partial charge is 0.454 e. The second-order valence-corrected chi connectivity index (χ2v) is 5.96. The zero-order valence-electron chi connectivity index (χ0n) is 15.0. The SMILES string of the molecule is C[C@@H](OC(=O)/C=C/c1ccc2c(c1)OCO2)C(=O)Nc1ccc(C(N)=O)cc1. The van der Waals surface area contributed by atoms with Crippen LogP contribution in [0, 0.1) is 0 Å². The van der Waals surface area contributed by atoms with Gasteiger partial charge in [-0.3, -0.25) is 9.59 Å². The molecule has 2 amide bonds. The molecule has 0 saturated heterocycles. The van der Waals surface area contributed by atoms with Crippen LogP contribution in [0.2, 0.25) is 0 Å². The molecular weight excluding hydrogens is 364 g/mol. The number of hydrogen-bond donors (Lipinski definition) is 2. The first-order valence-electron chi connectivity index (χ1n) is 8.41. The Morgan fingerprint density at radius 2 is 1.82 bits per heavy atom. The van der Waals surface area contributed by atoms with E-state index in [-0.39, 0.29) is 6.79 Å². The predicted octanol–water partition coefficient (Wildman–Crippen LogP) is 2.10. The summed E-state index contributed by atoms with van der Waals surface area (Å²) in [6, 6.07) is 11.3. The van der Waals surface area contributed by atoms with Crippen molar-refractivity contribution in [1.82, 2.24) is 0 Å². The van der Waals surface area contributed by atoms with Gasteiger partial charge in [0.25, 0.3) is 5.91 Å². The van der Waals surface area contributed by atoms with Crippen molar-refractivity contribution >= 4 is 29.5 Å². The van der Waals surface area contributed by atoms with Crippen molar-refractivity contribution in [2.75, 3.05) is 12.1 Å². The van der Waals surface area contributed by atoms with Gasteiger partial charge in [-0.15, -0.1) is 0 Å². The van der Waals surface area contributed by atoms with Gasteiger partial charge in [0.15, 0.2) is 17.6 Å². The van der Waals surface area contributed by atoms with E-state index in [1.165, 1.54) is 37.3 Å². The molecule has 0 bridgehead atoms. The van der Waals surface area contributed by atoms with Gasteiger partial charge in [-0.05, 0) is 55.0 Å². The molecule has 0 unspecified atom stereocenters. The number of primary amides is 1. The average Bonchev–Trinajstić information content (AvgIpc) is 3.14. The molecule has 8 heteroatoms. The standard InChI is InChI=1S/C20H18N2O6/c1-12(20(25)22-15-6-4-14(5-7-15)19(21)24)28-18(23)9-3-13-2-8-16-17(10-13)27-11-26-16/h2-10,12H,11H2,1H3,(H2,21,24)(H,22,25)/b9-3+/t12-/m1/s1. The van der Waals surface area contributed by atoms with Crippen LogP contribution in [0.25, 0.3) is 6.08 Å². The number of nitrogens with one attached hydrogen (secondary N) is 1.